The number of nitrogens with zero attached hydrogens (tertiary/aromatic N) is 1. The zero-order valence-electron chi connectivity index (χ0n) is 12.1. The van der Waals surface area contributed by atoms with Crippen LogP contribution in [0.4, 0.5) is 0 Å². The predicted octanol–water partition coefficient (Wildman–Crippen LogP) is -1.85. The second-order valence-electron chi connectivity index (χ2n) is 4.88. The van der Waals surface area contributed by atoms with Gasteiger partial charge in [0.1, 0.15) is 0 Å². The van der Waals surface area contributed by atoms with Crippen LogP contribution in [0, 0.1) is 0 Å². The number of aliphatic hydroxyl groups excluding tert-OH is 1. The topological polar surface area (TPSA) is 113 Å². The van der Waals surface area contributed by atoms with Gasteiger partial charge in [-0.2, -0.15) is 0 Å². The molecule has 1 heterocycles. The number of rotatable bonds is 7. The normalized spacial score (nSPS) is 20.2. The number of sulfone groups is 1. The van der Waals surface area contributed by atoms with Gasteiger partial charge < -0.3 is 20.1 Å². The van der Waals surface area contributed by atoms with Crippen molar-refractivity contribution in [2.75, 3.05) is 44.9 Å². The summed E-state index contributed by atoms with van der Waals surface area (Å²) in [5.74, 6) is -1.64. The molecule has 1 atom stereocenters. The Bertz CT molecular complexity index is 464. The predicted molar refractivity (Wildman–Crippen MR) is 75.4 cm³/mol. The minimum Gasteiger partial charge on any atom is -0.396 e. The summed E-state index contributed by atoms with van der Waals surface area (Å²) in [6.45, 7) is 0.514. The third-order valence-corrected chi connectivity index (χ3v) is 5.01. The molecule has 0 aromatic rings. The third kappa shape index (κ3) is 5.60. The quantitative estimate of drug-likeness (QED) is 0.420. The van der Waals surface area contributed by atoms with Gasteiger partial charge in [0.2, 0.25) is 0 Å². The van der Waals surface area contributed by atoms with Gasteiger partial charge in [-0.25, -0.2) is 8.42 Å². The Morgan fingerprint density at radius 3 is 2.67 bits per heavy atom. The van der Waals surface area contributed by atoms with Crippen molar-refractivity contribution in [1.29, 1.82) is 0 Å². The first kappa shape index (κ1) is 17.9. The van der Waals surface area contributed by atoms with E-state index in [-0.39, 0.29) is 37.8 Å². The number of amides is 2. The van der Waals surface area contributed by atoms with Crippen molar-refractivity contribution in [3.05, 3.63) is 0 Å². The molecule has 0 bridgehead atoms. The first-order valence-corrected chi connectivity index (χ1v) is 8.62. The molecule has 1 unspecified atom stereocenters. The lowest BCUT2D eigenvalue weighted by Crippen LogP contribution is -2.49. The summed E-state index contributed by atoms with van der Waals surface area (Å²) in [4.78, 5) is 25.2. The molecule has 21 heavy (non-hydrogen) atoms. The van der Waals surface area contributed by atoms with Crippen molar-refractivity contribution in [3.63, 3.8) is 0 Å². The van der Waals surface area contributed by atoms with Crippen molar-refractivity contribution in [1.82, 2.24) is 10.2 Å². The van der Waals surface area contributed by atoms with Crippen LogP contribution in [0.25, 0.3) is 0 Å². The Labute approximate surface area is 124 Å². The molecule has 9 heteroatoms. The molecule has 8 nitrogen and oxygen atoms in total. The van der Waals surface area contributed by atoms with E-state index < -0.39 is 27.7 Å². The van der Waals surface area contributed by atoms with Crippen LogP contribution in [-0.2, 0) is 24.2 Å². The maximum Gasteiger partial charge on any atom is 0.312 e. The summed E-state index contributed by atoms with van der Waals surface area (Å²) in [6, 6.07) is -0.485. The Hall–Kier alpha value is -1.19. The maximum atomic E-state index is 12.1. The zero-order chi connectivity index (χ0) is 15.9. The first-order valence-electron chi connectivity index (χ1n) is 6.80. The second-order valence-corrected chi connectivity index (χ2v) is 7.11. The summed E-state index contributed by atoms with van der Waals surface area (Å²) < 4.78 is 28.0. The molecule has 2 amide bonds. The van der Waals surface area contributed by atoms with Crippen LogP contribution >= 0.6 is 0 Å². The van der Waals surface area contributed by atoms with E-state index in [1.54, 1.807) is 0 Å². The van der Waals surface area contributed by atoms with Crippen LogP contribution in [0.1, 0.15) is 12.8 Å². The molecule has 0 spiro atoms. The van der Waals surface area contributed by atoms with Crippen LogP contribution in [-0.4, -0.2) is 81.2 Å². The van der Waals surface area contributed by atoms with E-state index in [9.17, 15) is 18.0 Å². The molecule has 1 fully saturated rings. The summed E-state index contributed by atoms with van der Waals surface area (Å²) in [5.41, 5.74) is 0. The molecule has 122 valence electrons. The third-order valence-electron chi connectivity index (χ3n) is 3.26. The van der Waals surface area contributed by atoms with E-state index >= 15 is 0 Å². The lowest BCUT2D eigenvalue weighted by Gasteiger charge is -2.27. The van der Waals surface area contributed by atoms with E-state index in [0.29, 0.717) is 12.8 Å². The fourth-order valence-electron chi connectivity index (χ4n) is 2.15. The lowest BCUT2D eigenvalue weighted by atomic mass is 10.2. The summed E-state index contributed by atoms with van der Waals surface area (Å²) in [7, 11) is -1.68. The van der Waals surface area contributed by atoms with Crippen LogP contribution in [0.2, 0.25) is 0 Å². The number of carbonyl (C=O) groups is 2. The van der Waals surface area contributed by atoms with Gasteiger partial charge >= 0.3 is 11.8 Å². The van der Waals surface area contributed by atoms with E-state index in [0.717, 1.165) is 0 Å². The molecule has 0 aliphatic carbocycles. The molecular weight excluding hydrogens is 300 g/mol. The van der Waals surface area contributed by atoms with Gasteiger partial charge in [-0.05, 0) is 12.8 Å². The number of hydrogen-bond acceptors (Lipinski definition) is 6. The smallest absolute Gasteiger partial charge is 0.312 e. The van der Waals surface area contributed by atoms with Gasteiger partial charge in [-0.3, -0.25) is 9.59 Å². The Kier molecular flexibility index (Phi) is 7.06. The van der Waals surface area contributed by atoms with Crippen molar-refractivity contribution in [3.8, 4) is 0 Å². The van der Waals surface area contributed by atoms with Crippen molar-refractivity contribution < 1.29 is 27.9 Å². The van der Waals surface area contributed by atoms with Gasteiger partial charge in [0, 0.05) is 32.8 Å². The molecule has 1 saturated heterocycles. The summed E-state index contributed by atoms with van der Waals surface area (Å²) in [5, 5.41) is 11.0. The minimum absolute atomic E-state index is 0.0283. The molecule has 2 N–H and O–H groups in total. The van der Waals surface area contributed by atoms with Gasteiger partial charge in [-0.1, -0.05) is 0 Å². The largest absolute Gasteiger partial charge is 0.396 e. The molecule has 1 aliphatic rings. The fourth-order valence-corrected chi connectivity index (χ4v) is 3.88. The highest BCUT2D eigenvalue weighted by atomic mass is 32.2. The molecule has 0 saturated carbocycles. The Morgan fingerprint density at radius 2 is 2.14 bits per heavy atom. The van der Waals surface area contributed by atoms with Crippen LogP contribution in [0.5, 0.6) is 0 Å². The lowest BCUT2D eigenvalue weighted by molar-refractivity contribution is -0.147. The number of hydrogen-bond donors (Lipinski definition) is 2. The Morgan fingerprint density at radius 1 is 1.43 bits per heavy atom. The molecule has 1 aliphatic heterocycles. The summed E-state index contributed by atoms with van der Waals surface area (Å²) >= 11 is 0. The van der Waals surface area contributed by atoms with Gasteiger partial charge in [-0.15, -0.1) is 0 Å². The van der Waals surface area contributed by atoms with Crippen molar-refractivity contribution in [2.45, 2.75) is 18.9 Å². The average Bonchev–Trinajstić information content (AvgIpc) is 2.79. The van der Waals surface area contributed by atoms with E-state index in [4.69, 9.17) is 9.84 Å². The second kappa shape index (κ2) is 8.30. The molecular formula is C12H22N2O6S. The monoisotopic (exact) mass is 322 g/mol. The number of ether oxygens (including phenoxy) is 1. The van der Waals surface area contributed by atoms with E-state index in [1.165, 1.54) is 12.0 Å². The van der Waals surface area contributed by atoms with Crippen molar-refractivity contribution in [2.24, 2.45) is 0 Å². The van der Waals surface area contributed by atoms with Crippen LogP contribution < -0.4 is 5.32 Å². The number of aliphatic hydroxyl groups is 1. The fraction of sp³-hybridized carbons (Fsp3) is 0.833. The van der Waals surface area contributed by atoms with Crippen LogP contribution in [0.3, 0.4) is 0 Å². The maximum absolute atomic E-state index is 12.1. The molecule has 0 aromatic heterocycles. The van der Waals surface area contributed by atoms with Gasteiger partial charge in [0.15, 0.2) is 9.84 Å². The van der Waals surface area contributed by atoms with Gasteiger partial charge in [0.25, 0.3) is 0 Å². The minimum atomic E-state index is -3.15. The SMILES string of the molecule is COCCN(C(=O)C(=O)NCCCO)C1CCS(=O)(=O)C1. The number of carbonyl (C=O) groups excluding carboxylic acids is 2. The number of methoxy groups -OCH3 is 1. The standard InChI is InChI=1S/C12H22N2O6S/c1-20-7-5-14(10-3-8-21(18,19)9-10)12(17)11(16)13-4-2-6-15/h10,15H,2-9H2,1H3,(H,13,16). The molecule has 0 aromatic carbocycles. The highest BCUT2D eigenvalue weighted by Gasteiger charge is 2.36. The van der Waals surface area contributed by atoms with Crippen molar-refractivity contribution >= 4 is 21.7 Å². The molecule has 0 radical (unpaired) electrons. The highest BCUT2D eigenvalue weighted by Crippen LogP contribution is 2.17. The zero-order valence-corrected chi connectivity index (χ0v) is 12.9. The van der Waals surface area contributed by atoms with Crippen LogP contribution in [0.15, 0.2) is 0 Å². The summed E-state index contributed by atoms with van der Waals surface area (Å²) in [6.07, 6.45) is 0.691. The van der Waals surface area contributed by atoms with E-state index in [1.807, 2.05) is 0 Å². The Balaban J connectivity index is 2.68. The van der Waals surface area contributed by atoms with E-state index in [2.05, 4.69) is 5.32 Å². The molecule has 1 rings (SSSR count). The van der Waals surface area contributed by atoms with Gasteiger partial charge in [0.05, 0.1) is 18.1 Å². The average molecular weight is 322 g/mol. The number of nitrogens with one attached hydrogen (secondary N) is 1. The highest BCUT2D eigenvalue weighted by molar-refractivity contribution is 7.91. The first-order chi connectivity index (χ1) is 9.91.